The largest absolute Gasteiger partial charge is 0.453 e. The predicted molar refractivity (Wildman–Crippen MR) is 109 cm³/mol. The molecule has 4 aromatic rings. The van der Waals surface area contributed by atoms with E-state index in [9.17, 15) is 19.3 Å². The number of hydrogen-bond acceptors (Lipinski definition) is 8. The number of aromatic nitrogens is 3. The first-order valence-electron chi connectivity index (χ1n) is 8.40. The van der Waals surface area contributed by atoms with Crippen LogP contribution in [0.1, 0.15) is 5.56 Å². The van der Waals surface area contributed by atoms with Gasteiger partial charge in [-0.3, -0.25) is 14.9 Å². The number of nitrogens with zero attached hydrogens (tertiary/aromatic N) is 4. The van der Waals surface area contributed by atoms with Crippen molar-refractivity contribution < 1.29 is 14.1 Å². The summed E-state index contributed by atoms with van der Waals surface area (Å²) >= 11 is 7.17. The van der Waals surface area contributed by atoms with E-state index in [1.54, 1.807) is 6.07 Å². The summed E-state index contributed by atoms with van der Waals surface area (Å²) in [5.74, 6) is -0.615. The normalized spacial score (nSPS) is 10.9. The summed E-state index contributed by atoms with van der Waals surface area (Å²) in [5, 5.41) is 18.4. The summed E-state index contributed by atoms with van der Waals surface area (Å²) in [4.78, 5) is 26.4. The molecule has 2 aromatic carbocycles. The molecule has 0 spiro atoms. The van der Waals surface area contributed by atoms with Crippen molar-refractivity contribution >= 4 is 38.7 Å². The lowest BCUT2D eigenvalue weighted by Crippen LogP contribution is -2.12. The predicted octanol–water partition coefficient (Wildman–Crippen LogP) is 4.26. The van der Waals surface area contributed by atoms with Crippen molar-refractivity contribution in [2.24, 2.45) is 0 Å². The second-order valence-electron chi connectivity index (χ2n) is 5.98. The van der Waals surface area contributed by atoms with Gasteiger partial charge in [-0.05, 0) is 23.8 Å². The van der Waals surface area contributed by atoms with Crippen molar-refractivity contribution in [2.75, 3.05) is 5.32 Å². The highest BCUT2D eigenvalue weighted by Gasteiger charge is 2.13. The minimum absolute atomic E-state index is 0.00553. The van der Waals surface area contributed by atoms with Crippen molar-refractivity contribution in [3.63, 3.8) is 0 Å². The van der Waals surface area contributed by atoms with Gasteiger partial charge in [-0.2, -0.15) is 4.52 Å². The first-order valence-corrected chi connectivity index (χ1v) is 9.59. The van der Waals surface area contributed by atoms with Gasteiger partial charge in [0.2, 0.25) is 10.1 Å². The highest BCUT2D eigenvalue weighted by molar-refractivity contribution is 7.20. The van der Waals surface area contributed by atoms with Crippen LogP contribution < -0.4 is 15.6 Å². The molecule has 0 radical (unpaired) electrons. The molecule has 0 fully saturated rings. The van der Waals surface area contributed by atoms with Crippen LogP contribution in [0, 0.1) is 15.9 Å². The van der Waals surface area contributed by atoms with Crippen LogP contribution in [0.5, 0.6) is 11.5 Å². The van der Waals surface area contributed by atoms with E-state index in [4.69, 9.17) is 16.3 Å². The monoisotopic (exact) mass is 447 g/mol. The second-order valence-corrected chi connectivity index (χ2v) is 7.34. The highest BCUT2D eigenvalue weighted by atomic mass is 35.5. The molecule has 2 heterocycles. The van der Waals surface area contributed by atoms with E-state index in [0.717, 1.165) is 6.07 Å². The quantitative estimate of drug-likeness (QED) is 0.347. The average Bonchev–Trinajstić information content (AvgIpc) is 3.14. The first kappa shape index (κ1) is 19.7. The first-order chi connectivity index (χ1) is 14.4. The molecular weight excluding hydrogens is 437 g/mol. The molecule has 2 aromatic heterocycles. The topological polar surface area (TPSA) is 112 Å². The maximum Gasteiger partial charge on any atom is 0.275 e. The molecule has 0 unspecified atom stereocenters. The van der Waals surface area contributed by atoms with Gasteiger partial charge in [-0.15, -0.1) is 5.10 Å². The Labute approximate surface area is 176 Å². The van der Waals surface area contributed by atoms with Crippen molar-refractivity contribution in [1.29, 1.82) is 0 Å². The van der Waals surface area contributed by atoms with E-state index < -0.39 is 10.7 Å². The van der Waals surface area contributed by atoms with Gasteiger partial charge in [-0.1, -0.05) is 29.0 Å². The number of anilines is 1. The maximum atomic E-state index is 14.4. The Morgan fingerprint density at radius 2 is 2.03 bits per heavy atom. The third-order valence-electron chi connectivity index (χ3n) is 3.96. The molecule has 12 heteroatoms. The van der Waals surface area contributed by atoms with Crippen LogP contribution in [0.4, 0.5) is 15.2 Å². The number of ether oxygens (including phenoxy) is 1. The Morgan fingerprint density at radius 3 is 2.73 bits per heavy atom. The molecular formula is C18H11ClFN5O4S. The zero-order chi connectivity index (χ0) is 21.3. The number of rotatable bonds is 6. The molecule has 30 heavy (non-hydrogen) atoms. The molecule has 4 rings (SSSR count). The molecule has 9 nitrogen and oxygen atoms in total. The van der Waals surface area contributed by atoms with Crippen molar-refractivity contribution in [3.05, 3.63) is 85.5 Å². The van der Waals surface area contributed by atoms with Gasteiger partial charge in [0.1, 0.15) is 5.75 Å². The Bertz CT molecular complexity index is 1330. The molecule has 0 aliphatic rings. The van der Waals surface area contributed by atoms with Crippen LogP contribution in [0.3, 0.4) is 0 Å². The summed E-state index contributed by atoms with van der Waals surface area (Å²) in [6.45, 7) is 0.254. The van der Waals surface area contributed by atoms with E-state index >= 15 is 0 Å². The van der Waals surface area contributed by atoms with Crippen molar-refractivity contribution in [2.45, 2.75) is 6.54 Å². The molecule has 0 saturated carbocycles. The van der Waals surface area contributed by atoms with E-state index in [1.807, 2.05) is 0 Å². The number of nitrogens with one attached hydrogen (secondary N) is 1. The maximum absolute atomic E-state index is 14.4. The summed E-state index contributed by atoms with van der Waals surface area (Å²) < 4.78 is 21.1. The zero-order valence-corrected chi connectivity index (χ0v) is 16.5. The van der Waals surface area contributed by atoms with Crippen LogP contribution >= 0.6 is 22.9 Å². The van der Waals surface area contributed by atoms with Crippen LogP contribution in [0.2, 0.25) is 5.02 Å². The highest BCUT2D eigenvalue weighted by Crippen LogP contribution is 2.33. The lowest BCUT2D eigenvalue weighted by atomic mass is 10.2. The Kier molecular flexibility index (Phi) is 5.29. The van der Waals surface area contributed by atoms with E-state index in [2.05, 4.69) is 15.4 Å². The molecule has 0 aliphatic carbocycles. The fraction of sp³-hybridized carbons (Fsp3) is 0.0556. The molecule has 0 aliphatic heterocycles. The Morgan fingerprint density at radius 1 is 1.23 bits per heavy atom. The van der Waals surface area contributed by atoms with Gasteiger partial charge in [0.05, 0.1) is 9.95 Å². The number of benzene rings is 2. The average molecular weight is 448 g/mol. The summed E-state index contributed by atoms with van der Waals surface area (Å²) in [5.41, 5.74) is 0.123. The summed E-state index contributed by atoms with van der Waals surface area (Å²) in [7, 11) is 0. The zero-order valence-electron chi connectivity index (χ0n) is 14.9. The number of halogens is 2. The summed E-state index contributed by atoms with van der Waals surface area (Å²) in [6, 6.07) is 9.30. The van der Waals surface area contributed by atoms with Gasteiger partial charge in [0, 0.05) is 30.9 Å². The summed E-state index contributed by atoms with van der Waals surface area (Å²) in [6.07, 6.45) is 1.41. The Balaban J connectivity index is 1.47. The second kappa shape index (κ2) is 8.05. The SMILES string of the molecule is O=c1ccnc2sc(NCc3ccc(Oc4ccc([N+](=O)[O-])cc4Cl)c(F)c3)nn12. The minimum Gasteiger partial charge on any atom is -0.453 e. The molecule has 0 amide bonds. The number of hydrogen-bond donors (Lipinski definition) is 1. The van der Waals surface area contributed by atoms with E-state index in [0.29, 0.717) is 15.7 Å². The molecule has 152 valence electrons. The standard InChI is InChI=1S/C18H11ClFN5O4S/c19-12-8-11(25(27)28)2-4-14(12)29-15-3-1-10(7-13(15)20)9-22-17-23-24-16(26)5-6-21-18(24)30-17/h1-8H,9H2,(H,22,23). The number of nitro groups is 1. The van der Waals surface area contributed by atoms with Gasteiger partial charge < -0.3 is 10.1 Å². The molecule has 0 atom stereocenters. The fourth-order valence-corrected chi connectivity index (χ4v) is 3.52. The van der Waals surface area contributed by atoms with Crippen LogP contribution in [0.15, 0.2) is 53.5 Å². The fourth-order valence-electron chi connectivity index (χ4n) is 2.53. The van der Waals surface area contributed by atoms with Gasteiger partial charge in [-0.25, -0.2) is 9.37 Å². The van der Waals surface area contributed by atoms with Crippen molar-refractivity contribution in [1.82, 2.24) is 14.6 Å². The smallest absolute Gasteiger partial charge is 0.275 e. The van der Waals surface area contributed by atoms with Gasteiger partial charge in [0.25, 0.3) is 11.2 Å². The molecule has 0 bridgehead atoms. The third kappa shape index (κ3) is 4.07. The van der Waals surface area contributed by atoms with E-state index in [-0.39, 0.29) is 34.3 Å². The van der Waals surface area contributed by atoms with E-state index in [1.165, 1.54) is 52.4 Å². The lowest BCUT2D eigenvalue weighted by molar-refractivity contribution is -0.384. The van der Waals surface area contributed by atoms with Gasteiger partial charge in [0.15, 0.2) is 11.6 Å². The van der Waals surface area contributed by atoms with Gasteiger partial charge >= 0.3 is 0 Å². The minimum atomic E-state index is -0.633. The van der Waals surface area contributed by atoms with Crippen molar-refractivity contribution in [3.8, 4) is 11.5 Å². The Hall–Kier alpha value is -3.57. The number of nitro benzene ring substituents is 1. The number of non-ortho nitro benzene ring substituents is 1. The van der Waals surface area contributed by atoms with Crippen LogP contribution in [-0.2, 0) is 6.54 Å². The number of fused-ring (bicyclic) bond motifs is 1. The van der Waals surface area contributed by atoms with Crippen LogP contribution in [0.25, 0.3) is 4.96 Å². The lowest BCUT2D eigenvalue weighted by Gasteiger charge is -2.10. The third-order valence-corrected chi connectivity index (χ3v) is 5.13. The molecule has 0 saturated heterocycles. The van der Waals surface area contributed by atoms with Crippen LogP contribution in [-0.4, -0.2) is 19.5 Å². The molecule has 1 N–H and O–H groups in total.